The normalized spacial score (nSPS) is 12.9. The number of anilines is 1. The van der Waals surface area contributed by atoms with Gasteiger partial charge >= 0.3 is 0 Å². The lowest BCUT2D eigenvalue weighted by molar-refractivity contribution is 0.506. The van der Waals surface area contributed by atoms with Crippen molar-refractivity contribution in [1.82, 2.24) is 29.3 Å². The molecule has 0 spiro atoms. The van der Waals surface area contributed by atoms with Gasteiger partial charge in [-0.3, -0.25) is 4.68 Å². The second-order valence-corrected chi connectivity index (χ2v) is 6.51. The van der Waals surface area contributed by atoms with E-state index in [9.17, 15) is 0 Å². The van der Waals surface area contributed by atoms with E-state index in [1.165, 1.54) is 0 Å². The number of rotatable bonds is 6. The van der Waals surface area contributed by atoms with Gasteiger partial charge in [0.15, 0.2) is 5.65 Å². The van der Waals surface area contributed by atoms with Crippen LogP contribution in [0.25, 0.3) is 11.0 Å². The first-order valence-corrected chi connectivity index (χ1v) is 8.43. The molecule has 0 aliphatic rings. The molecule has 1 atom stereocenters. The van der Waals surface area contributed by atoms with Crippen LogP contribution in [0.15, 0.2) is 18.6 Å². The number of fused-ring (bicyclic) bond motifs is 1. The zero-order chi connectivity index (χ0) is 17.3. The van der Waals surface area contributed by atoms with Gasteiger partial charge in [0, 0.05) is 32.9 Å². The molecule has 0 fully saturated rings. The summed E-state index contributed by atoms with van der Waals surface area (Å²) in [7, 11) is 3.93. The van der Waals surface area contributed by atoms with Gasteiger partial charge in [-0.1, -0.05) is 20.8 Å². The van der Waals surface area contributed by atoms with Gasteiger partial charge in [-0.15, -0.1) is 0 Å². The summed E-state index contributed by atoms with van der Waals surface area (Å²) in [4.78, 5) is 13.9. The second-order valence-electron chi connectivity index (χ2n) is 6.51. The van der Waals surface area contributed by atoms with E-state index in [1.807, 2.05) is 37.3 Å². The maximum absolute atomic E-state index is 4.75. The Labute approximate surface area is 142 Å². The summed E-state index contributed by atoms with van der Waals surface area (Å²) in [5, 5.41) is 8.87. The molecular formula is C17H25N7. The van der Waals surface area contributed by atoms with Crippen molar-refractivity contribution in [3.8, 4) is 0 Å². The molecule has 3 aromatic rings. The average molecular weight is 327 g/mol. The van der Waals surface area contributed by atoms with Crippen LogP contribution < -0.4 is 5.32 Å². The molecule has 0 aliphatic carbocycles. The van der Waals surface area contributed by atoms with Crippen LogP contribution in [-0.2, 0) is 20.5 Å². The van der Waals surface area contributed by atoms with E-state index in [1.54, 1.807) is 4.68 Å². The van der Waals surface area contributed by atoms with Crippen LogP contribution in [0, 0.1) is 5.92 Å². The molecule has 3 heterocycles. The first-order chi connectivity index (χ1) is 11.5. The van der Waals surface area contributed by atoms with Gasteiger partial charge in [0.1, 0.15) is 17.5 Å². The minimum atomic E-state index is 0.0674. The van der Waals surface area contributed by atoms with Gasteiger partial charge in [-0.25, -0.2) is 15.0 Å². The van der Waals surface area contributed by atoms with Gasteiger partial charge in [-0.05, 0) is 12.3 Å². The molecule has 7 nitrogen and oxygen atoms in total. The van der Waals surface area contributed by atoms with Crippen LogP contribution in [0.1, 0.15) is 44.9 Å². The summed E-state index contributed by atoms with van der Waals surface area (Å²) < 4.78 is 3.85. The largest absolute Gasteiger partial charge is 0.359 e. The van der Waals surface area contributed by atoms with Crippen LogP contribution >= 0.6 is 0 Å². The Morgan fingerprint density at radius 1 is 1.21 bits per heavy atom. The van der Waals surface area contributed by atoms with Crippen molar-refractivity contribution < 1.29 is 0 Å². The molecular weight excluding hydrogens is 302 g/mol. The quantitative estimate of drug-likeness (QED) is 0.753. The van der Waals surface area contributed by atoms with Crippen molar-refractivity contribution >= 4 is 16.9 Å². The highest BCUT2D eigenvalue weighted by atomic mass is 15.3. The lowest BCUT2D eigenvalue weighted by atomic mass is 10.0. The molecule has 0 amide bonds. The van der Waals surface area contributed by atoms with Gasteiger partial charge < -0.3 is 9.88 Å². The SMILES string of the molecule is CCCc1nc(N[C@@H](c2nccn2C)C(C)C)c2cnn(C)c2n1. The minimum absolute atomic E-state index is 0.0674. The zero-order valence-corrected chi connectivity index (χ0v) is 15.0. The smallest absolute Gasteiger partial charge is 0.163 e. The molecule has 0 saturated carbocycles. The zero-order valence-electron chi connectivity index (χ0n) is 15.0. The minimum Gasteiger partial charge on any atom is -0.359 e. The standard InChI is InChI=1S/C17H25N7/c1-6-7-13-20-15(12-10-19-24(5)16(12)21-13)22-14(11(2)3)17-18-8-9-23(17)4/h8-11,14H,6-7H2,1-5H3,(H,20,21,22)/t14-/m1/s1. The predicted octanol–water partition coefficient (Wildman–Crippen LogP) is 2.86. The Morgan fingerprint density at radius 3 is 2.62 bits per heavy atom. The van der Waals surface area contributed by atoms with Crippen LogP contribution in [0.5, 0.6) is 0 Å². The average Bonchev–Trinajstić information content (AvgIpc) is 3.12. The topological polar surface area (TPSA) is 73.5 Å². The fourth-order valence-corrected chi connectivity index (χ4v) is 2.87. The molecule has 0 bridgehead atoms. The summed E-state index contributed by atoms with van der Waals surface area (Å²) in [6, 6.07) is 0.0674. The lowest BCUT2D eigenvalue weighted by Gasteiger charge is -2.23. The van der Waals surface area contributed by atoms with E-state index in [-0.39, 0.29) is 6.04 Å². The van der Waals surface area contributed by atoms with Crippen molar-refractivity contribution in [2.45, 2.75) is 39.7 Å². The number of nitrogens with zero attached hydrogens (tertiary/aromatic N) is 6. The molecule has 128 valence electrons. The highest BCUT2D eigenvalue weighted by Crippen LogP contribution is 2.28. The maximum Gasteiger partial charge on any atom is 0.163 e. The highest BCUT2D eigenvalue weighted by Gasteiger charge is 2.22. The van der Waals surface area contributed by atoms with E-state index in [2.05, 4.69) is 41.2 Å². The van der Waals surface area contributed by atoms with Gasteiger partial charge in [0.25, 0.3) is 0 Å². The molecule has 0 aromatic carbocycles. The molecule has 3 rings (SSSR count). The van der Waals surface area contributed by atoms with Crippen molar-refractivity contribution in [2.24, 2.45) is 20.0 Å². The van der Waals surface area contributed by atoms with E-state index in [0.717, 1.165) is 41.3 Å². The van der Waals surface area contributed by atoms with Crippen molar-refractivity contribution in [3.05, 3.63) is 30.2 Å². The van der Waals surface area contributed by atoms with Crippen molar-refractivity contribution in [2.75, 3.05) is 5.32 Å². The van der Waals surface area contributed by atoms with Crippen LogP contribution in [-0.4, -0.2) is 29.3 Å². The third-order valence-corrected chi connectivity index (χ3v) is 4.21. The van der Waals surface area contributed by atoms with E-state index in [4.69, 9.17) is 4.98 Å². The Bertz CT molecular complexity index is 831. The molecule has 0 unspecified atom stereocenters. The number of nitrogens with one attached hydrogen (secondary N) is 1. The summed E-state index contributed by atoms with van der Waals surface area (Å²) in [5.41, 5.74) is 0.860. The number of imidazole rings is 1. The third kappa shape index (κ3) is 2.98. The number of aromatic nitrogens is 6. The summed E-state index contributed by atoms with van der Waals surface area (Å²) in [6.45, 7) is 6.50. The Kier molecular flexibility index (Phi) is 4.51. The Hall–Kier alpha value is -2.44. The molecule has 0 saturated heterocycles. The van der Waals surface area contributed by atoms with Gasteiger partial charge in [0.05, 0.1) is 17.6 Å². The maximum atomic E-state index is 4.75. The molecule has 0 radical (unpaired) electrons. The summed E-state index contributed by atoms with van der Waals surface area (Å²) >= 11 is 0. The molecule has 24 heavy (non-hydrogen) atoms. The lowest BCUT2D eigenvalue weighted by Crippen LogP contribution is -2.21. The Morgan fingerprint density at radius 2 is 2.00 bits per heavy atom. The van der Waals surface area contributed by atoms with E-state index in [0.29, 0.717) is 5.92 Å². The number of hydrogen-bond acceptors (Lipinski definition) is 5. The molecule has 3 aromatic heterocycles. The summed E-state index contributed by atoms with van der Waals surface area (Å²) in [6.07, 6.45) is 7.48. The number of aryl methyl sites for hydroxylation is 3. The first kappa shape index (κ1) is 16.4. The second kappa shape index (κ2) is 6.59. The predicted molar refractivity (Wildman–Crippen MR) is 94.7 cm³/mol. The molecule has 1 N–H and O–H groups in total. The van der Waals surface area contributed by atoms with Crippen LogP contribution in [0.2, 0.25) is 0 Å². The van der Waals surface area contributed by atoms with Crippen molar-refractivity contribution in [3.63, 3.8) is 0 Å². The molecule has 7 heteroatoms. The fraction of sp³-hybridized carbons (Fsp3) is 0.529. The Balaban J connectivity index is 2.05. The van der Waals surface area contributed by atoms with Gasteiger partial charge in [-0.2, -0.15) is 5.10 Å². The van der Waals surface area contributed by atoms with E-state index < -0.39 is 0 Å². The third-order valence-electron chi connectivity index (χ3n) is 4.21. The van der Waals surface area contributed by atoms with Gasteiger partial charge in [0.2, 0.25) is 0 Å². The monoisotopic (exact) mass is 327 g/mol. The van der Waals surface area contributed by atoms with Crippen LogP contribution in [0.4, 0.5) is 5.82 Å². The van der Waals surface area contributed by atoms with E-state index >= 15 is 0 Å². The molecule has 0 aliphatic heterocycles. The summed E-state index contributed by atoms with van der Waals surface area (Å²) in [5.74, 6) is 3.04. The van der Waals surface area contributed by atoms with Crippen LogP contribution in [0.3, 0.4) is 0 Å². The first-order valence-electron chi connectivity index (χ1n) is 8.43. The van der Waals surface area contributed by atoms with Crippen molar-refractivity contribution in [1.29, 1.82) is 0 Å². The highest BCUT2D eigenvalue weighted by molar-refractivity contribution is 5.86. The number of hydrogen-bond donors (Lipinski definition) is 1. The fourth-order valence-electron chi connectivity index (χ4n) is 2.87.